The van der Waals surface area contributed by atoms with Crippen LogP contribution in [0.5, 0.6) is 5.75 Å². The van der Waals surface area contributed by atoms with Gasteiger partial charge in [0.1, 0.15) is 11.6 Å². The molecular formula is C16H17FN2O2. The van der Waals surface area contributed by atoms with Gasteiger partial charge in [-0.3, -0.25) is 4.79 Å². The topological polar surface area (TPSA) is 64.3 Å². The number of hydrogen-bond donors (Lipinski definition) is 2. The number of ether oxygens (including phenoxy) is 1. The Kier molecular flexibility index (Phi) is 4.77. The van der Waals surface area contributed by atoms with Crippen molar-refractivity contribution in [1.82, 2.24) is 5.32 Å². The van der Waals surface area contributed by atoms with Crippen LogP contribution < -0.4 is 15.8 Å². The van der Waals surface area contributed by atoms with Gasteiger partial charge < -0.3 is 15.8 Å². The molecule has 0 bridgehead atoms. The number of rotatable bonds is 5. The van der Waals surface area contributed by atoms with Crippen molar-refractivity contribution >= 4 is 11.6 Å². The minimum Gasteiger partial charge on any atom is -0.496 e. The molecule has 3 N–H and O–H groups in total. The number of methoxy groups -OCH3 is 1. The molecule has 0 heterocycles. The number of benzene rings is 2. The van der Waals surface area contributed by atoms with Gasteiger partial charge in [-0.2, -0.15) is 0 Å². The van der Waals surface area contributed by atoms with Crippen LogP contribution in [-0.4, -0.2) is 19.6 Å². The van der Waals surface area contributed by atoms with E-state index in [1.54, 1.807) is 30.3 Å². The normalized spacial score (nSPS) is 10.2. The maximum atomic E-state index is 12.8. The van der Waals surface area contributed by atoms with Crippen molar-refractivity contribution in [2.75, 3.05) is 19.4 Å². The van der Waals surface area contributed by atoms with Crippen LogP contribution in [0.25, 0.3) is 0 Å². The summed E-state index contributed by atoms with van der Waals surface area (Å²) in [5, 5.41) is 2.80. The Balaban J connectivity index is 1.94. The molecule has 5 heteroatoms. The molecule has 0 aliphatic carbocycles. The van der Waals surface area contributed by atoms with Crippen molar-refractivity contribution in [2.45, 2.75) is 6.42 Å². The highest BCUT2D eigenvalue weighted by Gasteiger charge is 2.11. The largest absolute Gasteiger partial charge is 0.496 e. The van der Waals surface area contributed by atoms with E-state index in [0.717, 1.165) is 5.56 Å². The molecule has 21 heavy (non-hydrogen) atoms. The van der Waals surface area contributed by atoms with Crippen molar-refractivity contribution in [1.29, 1.82) is 0 Å². The molecule has 4 nitrogen and oxygen atoms in total. The molecular weight excluding hydrogens is 271 g/mol. The third-order valence-electron chi connectivity index (χ3n) is 3.08. The van der Waals surface area contributed by atoms with Crippen LogP contribution in [-0.2, 0) is 6.42 Å². The van der Waals surface area contributed by atoms with Gasteiger partial charge in [0.05, 0.1) is 12.7 Å². The summed E-state index contributed by atoms with van der Waals surface area (Å²) in [4.78, 5) is 12.1. The number of halogens is 1. The average molecular weight is 288 g/mol. The SMILES string of the molecule is COc1cc(N)ccc1C(=O)NCCc1ccc(F)cc1. The highest BCUT2D eigenvalue weighted by Crippen LogP contribution is 2.21. The third kappa shape index (κ3) is 3.95. The second kappa shape index (κ2) is 6.74. The quantitative estimate of drug-likeness (QED) is 0.830. The number of nitrogens with one attached hydrogen (secondary N) is 1. The zero-order valence-corrected chi connectivity index (χ0v) is 11.7. The molecule has 0 aliphatic heterocycles. The molecule has 2 aromatic rings. The fraction of sp³-hybridized carbons (Fsp3) is 0.188. The van der Waals surface area contributed by atoms with Crippen molar-refractivity contribution in [2.24, 2.45) is 0 Å². The Morgan fingerprint density at radius 1 is 1.24 bits per heavy atom. The molecule has 0 saturated carbocycles. The predicted octanol–water partition coefficient (Wildman–Crippen LogP) is 2.39. The van der Waals surface area contributed by atoms with E-state index >= 15 is 0 Å². The van der Waals surface area contributed by atoms with Crippen LogP contribution >= 0.6 is 0 Å². The molecule has 0 saturated heterocycles. The van der Waals surface area contributed by atoms with Gasteiger partial charge in [-0.25, -0.2) is 4.39 Å². The van der Waals surface area contributed by atoms with Gasteiger partial charge in [0.25, 0.3) is 5.91 Å². The number of carbonyl (C=O) groups is 1. The van der Waals surface area contributed by atoms with E-state index in [-0.39, 0.29) is 11.7 Å². The number of nitrogen functional groups attached to an aromatic ring is 1. The van der Waals surface area contributed by atoms with E-state index in [9.17, 15) is 9.18 Å². The molecule has 2 rings (SSSR count). The van der Waals surface area contributed by atoms with Gasteiger partial charge in [-0.15, -0.1) is 0 Å². The van der Waals surface area contributed by atoms with Crippen molar-refractivity contribution in [3.63, 3.8) is 0 Å². The second-order valence-electron chi connectivity index (χ2n) is 4.59. The summed E-state index contributed by atoms with van der Waals surface area (Å²) in [6.07, 6.45) is 0.628. The Bertz CT molecular complexity index is 627. The molecule has 0 aromatic heterocycles. The summed E-state index contributed by atoms with van der Waals surface area (Å²) in [5.41, 5.74) is 7.58. The summed E-state index contributed by atoms with van der Waals surface area (Å²) in [5.74, 6) is -0.0577. The molecule has 0 spiro atoms. The lowest BCUT2D eigenvalue weighted by atomic mass is 10.1. The fourth-order valence-electron chi connectivity index (χ4n) is 1.96. The zero-order chi connectivity index (χ0) is 15.2. The molecule has 1 amide bonds. The predicted molar refractivity (Wildman–Crippen MR) is 79.8 cm³/mol. The highest BCUT2D eigenvalue weighted by molar-refractivity contribution is 5.97. The van der Waals surface area contributed by atoms with Crippen molar-refractivity contribution in [3.8, 4) is 5.75 Å². The summed E-state index contributed by atoms with van der Waals surface area (Å²) in [6.45, 7) is 0.456. The average Bonchev–Trinajstić information content (AvgIpc) is 2.49. The van der Waals surface area contributed by atoms with E-state index in [0.29, 0.717) is 30.0 Å². The first-order chi connectivity index (χ1) is 10.1. The van der Waals surface area contributed by atoms with Crippen LogP contribution in [0.3, 0.4) is 0 Å². The molecule has 0 atom stereocenters. The number of nitrogens with two attached hydrogens (primary N) is 1. The summed E-state index contributed by atoms with van der Waals surface area (Å²) >= 11 is 0. The van der Waals surface area contributed by atoms with Gasteiger partial charge >= 0.3 is 0 Å². The molecule has 0 radical (unpaired) electrons. The van der Waals surface area contributed by atoms with Gasteiger partial charge in [-0.1, -0.05) is 12.1 Å². The van der Waals surface area contributed by atoms with E-state index in [2.05, 4.69) is 5.32 Å². The number of hydrogen-bond acceptors (Lipinski definition) is 3. The van der Waals surface area contributed by atoms with Crippen LogP contribution in [0.2, 0.25) is 0 Å². The van der Waals surface area contributed by atoms with Crippen LogP contribution in [0.4, 0.5) is 10.1 Å². The highest BCUT2D eigenvalue weighted by atomic mass is 19.1. The van der Waals surface area contributed by atoms with Crippen LogP contribution in [0, 0.1) is 5.82 Å². The summed E-state index contributed by atoms with van der Waals surface area (Å²) in [6, 6.07) is 11.1. The second-order valence-corrected chi connectivity index (χ2v) is 4.59. The Morgan fingerprint density at radius 3 is 2.62 bits per heavy atom. The molecule has 0 unspecified atom stereocenters. The molecule has 110 valence electrons. The van der Waals surface area contributed by atoms with Crippen molar-refractivity contribution in [3.05, 3.63) is 59.4 Å². The minimum atomic E-state index is -0.269. The first-order valence-electron chi connectivity index (χ1n) is 6.56. The van der Waals surface area contributed by atoms with E-state index < -0.39 is 0 Å². The standard InChI is InChI=1S/C16H17FN2O2/c1-21-15-10-13(18)6-7-14(15)16(20)19-9-8-11-2-4-12(17)5-3-11/h2-7,10H,8-9,18H2,1H3,(H,19,20). The molecule has 2 aromatic carbocycles. The number of amides is 1. The lowest BCUT2D eigenvalue weighted by Crippen LogP contribution is -2.26. The maximum Gasteiger partial charge on any atom is 0.255 e. The van der Waals surface area contributed by atoms with E-state index in [1.807, 2.05) is 0 Å². The summed E-state index contributed by atoms with van der Waals surface area (Å²) in [7, 11) is 1.49. The third-order valence-corrected chi connectivity index (χ3v) is 3.08. The van der Waals surface area contributed by atoms with Gasteiger partial charge in [-0.05, 0) is 36.2 Å². The van der Waals surface area contributed by atoms with Gasteiger partial charge in [0.15, 0.2) is 0 Å². The minimum absolute atomic E-state index is 0.228. The van der Waals surface area contributed by atoms with Gasteiger partial charge in [0, 0.05) is 18.3 Å². The number of carbonyl (C=O) groups excluding carboxylic acids is 1. The van der Waals surface area contributed by atoms with Crippen LogP contribution in [0.1, 0.15) is 15.9 Å². The molecule has 0 aliphatic rings. The maximum absolute atomic E-state index is 12.8. The lowest BCUT2D eigenvalue weighted by molar-refractivity contribution is 0.0951. The van der Waals surface area contributed by atoms with Crippen molar-refractivity contribution < 1.29 is 13.9 Å². The van der Waals surface area contributed by atoms with Crippen LogP contribution in [0.15, 0.2) is 42.5 Å². The first kappa shape index (κ1) is 14.8. The van der Waals surface area contributed by atoms with E-state index in [4.69, 9.17) is 10.5 Å². The number of anilines is 1. The smallest absolute Gasteiger partial charge is 0.255 e. The lowest BCUT2D eigenvalue weighted by Gasteiger charge is -2.10. The molecule has 0 fully saturated rings. The Labute approximate surface area is 122 Å². The Hall–Kier alpha value is -2.56. The van der Waals surface area contributed by atoms with Gasteiger partial charge in [0.2, 0.25) is 0 Å². The summed E-state index contributed by atoms with van der Waals surface area (Å²) < 4.78 is 17.9. The fourth-order valence-corrected chi connectivity index (χ4v) is 1.96. The first-order valence-corrected chi connectivity index (χ1v) is 6.56. The zero-order valence-electron chi connectivity index (χ0n) is 11.7. The Morgan fingerprint density at radius 2 is 1.95 bits per heavy atom. The monoisotopic (exact) mass is 288 g/mol. The van der Waals surface area contributed by atoms with E-state index in [1.165, 1.54) is 19.2 Å².